The largest absolute Gasteiger partial charge is 0.369 e. The summed E-state index contributed by atoms with van der Waals surface area (Å²) in [5.74, 6) is 0.957. The molecule has 1 amide bonds. The molecule has 7 nitrogen and oxygen atoms in total. The highest BCUT2D eigenvalue weighted by Crippen LogP contribution is 2.24. The van der Waals surface area contributed by atoms with E-state index in [0.717, 1.165) is 36.5 Å². The quantitative estimate of drug-likeness (QED) is 0.776. The van der Waals surface area contributed by atoms with Gasteiger partial charge in [-0.05, 0) is 31.0 Å². The summed E-state index contributed by atoms with van der Waals surface area (Å²) in [6.07, 6.45) is 6.98. The van der Waals surface area contributed by atoms with Crippen LogP contribution in [0.3, 0.4) is 0 Å². The topological polar surface area (TPSA) is 89.4 Å². The van der Waals surface area contributed by atoms with Gasteiger partial charge < -0.3 is 10.6 Å². The average molecular weight is 357 g/mol. The van der Waals surface area contributed by atoms with Crippen LogP contribution in [0.4, 0.5) is 5.82 Å². The Labute approximate surface area is 149 Å². The SMILES string of the molecule is NC(=O)[C@@H]1CCCN(c2ccnc(-c3cnc4ccc(Cl)cn34)n2)C1. The predicted octanol–water partition coefficient (Wildman–Crippen LogP) is 2.15. The van der Waals surface area contributed by atoms with Crippen molar-refractivity contribution in [1.29, 1.82) is 0 Å². The summed E-state index contributed by atoms with van der Waals surface area (Å²) in [4.78, 5) is 27.0. The Balaban J connectivity index is 1.69. The van der Waals surface area contributed by atoms with Crippen molar-refractivity contribution in [3.8, 4) is 11.5 Å². The van der Waals surface area contributed by atoms with Gasteiger partial charge in [0.1, 0.15) is 17.2 Å². The van der Waals surface area contributed by atoms with Gasteiger partial charge in [-0.25, -0.2) is 15.0 Å². The fraction of sp³-hybridized carbons (Fsp3) is 0.294. The minimum absolute atomic E-state index is 0.137. The molecule has 0 unspecified atom stereocenters. The molecular weight excluding hydrogens is 340 g/mol. The molecule has 1 aliphatic rings. The number of pyridine rings is 1. The van der Waals surface area contributed by atoms with E-state index in [2.05, 4.69) is 19.9 Å². The van der Waals surface area contributed by atoms with Crippen LogP contribution in [0.5, 0.6) is 0 Å². The summed E-state index contributed by atoms with van der Waals surface area (Å²) in [6.45, 7) is 1.43. The smallest absolute Gasteiger partial charge is 0.222 e. The van der Waals surface area contributed by atoms with Crippen molar-refractivity contribution in [2.45, 2.75) is 12.8 Å². The van der Waals surface area contributed by atoms with Crippen LogP contribution in [-0.4, -0.2) is 38.3 Å². The van der Waals surface area contributed by atoms with Crippen LogP contribution in [0.2, 0.25) is 5.02 Å². The lowest BCUT2D eigenvalue weighted by Gasteiger charge is -2.32. The monoisotopic (exact) mass is 356 g/mol. The second-order valence-corrected chi connectivity index (χ2v) is 6.58. The third-order valence-corrected chi connectivity index (χ3v) is 4.71. The van der Waals surface area contributed by atoms with E-state index in [4.69, 9.17) is 17.3 Å². The lowest BCUT2D eigenvalue weighted by molar-refractivity contribution is -0.122. The van der Waals surface area contributed by atoms with Crippen LogP contribution < -0.4 is 10.6 Å². The maximum absolute atomic E-state index is 11.5. The first-order valence-electron chi connectivity index (χ1n) is 8.12. The Morgan fingerprint density at radius 1 is 1.28 bits per heavy atom. The molecule has 0 bridgehead atoms. The van der Waals surface area contributed by atoms with Crippen LogP contribution in [0.25, 0.3) is 17.2 Å². The van der Waals surface area contributed by atoms with Crippen LogP contribution in [-0.2, 0) is 4.79 Å². The molecule has 1 aliphatic heterocycles. The highest BCUT2D eigenvalue weighted by molar-refractivity contribution is 6.30. The first kappa shape index (κ1) is 15.8. The van der Waals surface area contributed by atoms with Crippen molar-refractivity contribution in [3.05, 3.63) is 41.8 Å². The lowest BCUT2D eigenvalue weighted by atomic mass is 9.97. The molecule has 3 aromatic rings. The van der Waals surface area contributed by atoms with E-state index in [1.54, 1.807) is 24.7 Å². The molecule has 0 spiro atoms. The average Bonchev–Trinajstić information content (AvgIpc) is 3.05. The number of nitrogens with two attached hydrogens (primary N) is 1. The summed E-state index contributed by atoms with van der Waals surface area (Å²) >= 11 is 6.09. The molecular formula is C17H17ClN6O. The molecule has 0 aliphatic carbocycles. The molecule has 8 heteroatoms. The summed E-state index contributed by atoms with van der Waals surface area (Å²) in [5.41, 5.74) is 7.01. The molecule has 1 fully saturated rings. The number of hydrogen-bond acceptors (Lipinski definition) is 5. The zero-order valence-electron chi connectivity index (χ0n) is 13.5. The standard InChI is InChI=1S/C17H17ClN6O/c18-12-3-4-14-21-8-13(24(14)10-12)17-20-6-5-15(22-17)23-7-1-2-11(9-23)16(19)25/h3-6,8,10-11H,1-2,7,9H2,(H2,19,25)/t11-/m1/s1. The number of aromatic nitrogens is 4. The highest BCUT2D eigenvalue weighted by Gasteiger charge is 2.25. The van der Waals surface area contributed by atoms with Gasteiger partial charge in [-0.15, -0.1) is 0 Å². The van der Waals surface area contributed by atoms with Crippen molar-refractivity contribution in [1.82, 2.24) is 19.4 Å². The van der Waals surface area contributed by atoms with Crippen molar-refractivity contribution in [2.75, 3.05) is 18.0 Å². The van der Waals surface area contributed by atoms with Gasteiger partial charge in [-0.1, -0.05) is 11.6 Å². The second-order valence-electron chi connectivity index (χ2n) is 6.14. The van der Waals surface area contributed by atoms with Crippen molar-refractivity contribution in [2.24, 2.45) is 11.7 Å². The Morgan fingerprint density at radius 3 is 3.00 bits per heavy atom. The number of carbonyl (C=O) groups is 1. The summed E-state index contributed by atoms with van der Waals surface area (Å²) in [6, 6.07) is 5.49. The van der Waals surface area contributed by atoms with Crippen molar-refractivity contribution < 1.29 is 4.79 Å². The molecule has 2 N–H and O–H groups in total. The Kier molecular flexibility index (Phi) is 4.01. The molecule has 0 aromatic carbocycles. The fourth-order valence-electron chi connectivity index (χ4n) is 3.19. The number of imidazole rings is 1. The molecule has 4 rings (SSSR count). The maximum atomic E-state index is 11.5. The van der Waals surface area contributed by atoms with Crippen LogP contribution in [0.1, 0.15) is 12.8 Å². The number of piperidine rings is 1. The van der Waals surface area contributed by atoms with Crippen molar-refractivity contribution in [3.63, 3.8) is 0 Å². The second kappa shape index (κ2) is 6.33. The first-order valence-corrected chi connectivity index (χ1v) is 8.50. The molecule has 128 valence electrons. The summed E-state index contributed by atoms with van der Waals surface area (Å²) in [7, 11) is 0. The van der Waals surface area contributed by atoms with E-state index in [1.807, 2.05) is 16.5 Å². The zero-order valence-corrected chi connectivity index (χ0v) is 14.2. The van der Waals surface area contributed by atoms with Gasteiger partial charge in [-0.3, -0.25) is 9.20 Å². The number of rotatable bonds is 3. The van der Waals surface area contributed by atoms with E-state index in [1.165, 1.54) is 0 Å². The fourth-order valence-corrected chi connectivity index (χ4v) is 3.35. The highest BCUT2D eigenvalue weighted by atomic mass is 35.5. The van der Waals surface area contributed by atoms with E-state index in [-0.39, 0.29) is 11.8 Å². The van der Waals surface area contributed by atoms with E-state index >= 15 is 0 Å². The zero-order chi connectivity index (χ0) is 17.4. The van der Waals surface area contributed by atoms with E-state index < -0.39 is 0 Å². The Morgan fingerprint density at radius 2 is 2.16 bits per heavy atom. The van der Waals surface area contributed by atoms with Gasteiger partial charge in [0, 0.05) is 25.5 Å². The number of anilines is 1. The number of amides is 1. The van der Waals surface area contributed by atoms with Gasteiger partial charge in [-0.2, -0.15) is 0 Å². The maximum Gasteiger partial charge on any atom is 0.222 e. The van der Waals surface area contributed by atoms with E-state index in [9.17, 15) is 4.79 Å². The molecule has 0 radical (unpaired) electrons. The first-order chi connectivity index (χ1) is 12.1. The number of hydrogen-bond donors (Lipinski definition) is 1. The van der Waals surface area contributed by atoms with Gasteiger partial charge >= 0.3 is 0 Å². The summed E-state index contributed by atoms with van der Waals surface area (Å²) < 4.78 is 1.86. The normalized spacial score (nSPS) is 17.8. The van der Waals surface area contributed by atoms with Crippen molar-refractivity contribution >= 4 is 29.0 Å². The Bertz CT molecular complexity index is 940. The third-order valence-electron chi connectivity index (χ3n) is 4.49. The molecule has 0 saturated carbocycles. The van der Waals surface area contributed by atoms with Gasteiger partial charge in [0.25, 0.3) is 0 Å². The molecule has 3 aromatic heterocycles. The molecule has 1 saturated heterocycles. The van der Waals surface area contributed by atoms with Gasteiger partial charge in [0.15, 0.2) is 5.82 Å². The number of nitrogens with zero attached hydrogens (tertiary/aromatic N) is 5. The van der Waals surface area contributed by atoms with E-state index in [0.29, 0.717) is 17.4 Å². The third kappa shape index (κ3) is 3.02. The predicted molar refractivity (Wildman–Crippen MR) is 95.4 cm³/mol. The number of fused-ring (bicyclic) bond motifs is 1. The molecule has 1 atom stereocenters. The van der Waals surface area contributed by atoms with Gasteiger partial charge in [0.2, 0.25) is 5.91 Å². The minimum atomic E-state index is -0.254. The molecule has 4 heterocycles. The van der Waals surface area contributed by atoms with Crippen LogP contribution >= 0.6 is 11.6 Å². The summed E-state index contributed by atoms with van der Waals surface area (Å²) in [5, 5.41) is 0.614. The number of carbonyl (C=O) groups excluding carboxylic acids is 1. The van der Waals surface area contributed by atoms with Crippen LogP contribution in [0, 0.1) is 5.92 Å². The lowest BCUT2D eigenvalue weighted by Crippen LogP contribution is -2.41. The Hall–Kier alpha value is -2.67. The van der Waals surface area contributed by atoms with Crippen LogP contribution in [0.15, 0.2) is 36.8 Å². The molecule has 25 heavy (non-hydrogen) atoms. The number of halogens is 1. The minimum Gasteiger partial charge on any atom is -0.369 e. The van der Waals surface area contributed by atoms with Gasteiger partial charge in [0.05, 0.1) is 17.1 Å². The number of primary amides is 1.